The third kappa shape index (κ3) is 23.9. The Hall–Kier alpha value is -7.81. The Morgan fingerprint density at radius 2 is 0.981 bits per heavy atom. The Morgan fingerprint density at radius 1 is 0.544 bits per heavy atom. The molecule has 0 saturated heterocycles. The van der Waals surface area contributed by atoms with Crippen molar-refractivity contribution in [2.45, 2.75) is 152 Å². The molecule has 2 fully saturated rings. The lowest BCUT2D eigenvalue weighted by Crippen LogP contribution is -3.00. The highest BCUT2D eigenvalue weighted by Gasteiger charge is 2.31. The van der Waals surface area contributed by atoms with Crippen LogP contribution < -0.4 is 47.1 Å². The van der Waals surface area contributed by atoms with Gasteiger partial charge in [-0.05, 0) is 259 Å². The van der Waals surface area contributed by atoms with Gasteiger partial charge in [0.05, 0.1) is 24.8 Å². The molecule has 0 bridgehead atoms. The number of anilines is 5. The fraction of sp³-hybridized carbons (Fsp3) is 0.381. The molecule has 103 heavy (non-hydrogen) atoms. The van der Waals surface area contributed by atoms with Crippen LogP contribution in [0, 0.1) is 0 Å². The number of benzene rings is 7. The van der Waals surface area contributed by atoms with Crippen molar-refractivity contribution in [3.05, 3.63) is 227 Å². The molecule has 0 radical (unpaired) electrons. The molecule has 2 saturated carbocycles. The van der Waals surface area contributed by atoms with Crippen LogP contribution in [0.1, 0.15) is 164 Å². The van der Waals surface area contributed by atoms with Crippen LogP contribution in [-0.2, 0) is 30.2 Å². The number of ketones is 1. The van der Waals surface area contributed by atoms with E-state index in [0.29, 0.717) is 40.1 Å². The number of esters is 2. The van der Waals surface area contributed by atoms with Gasteiger partial charge in [0.1, 0.15) is 18.0 Å². The van der Waals surface area contributed by atoms with Gasteiger partial charge in [-0.25, -0.2) is 14.6 Å². The second kappa shape index (κ2) is 41.6. The Morgan fingerprint density at radius 3 is 1.48 bits per heavy atom. The van der Waals surface area contributed by atoms with E-state index in [9.17, 15) is 24.1 Å². The van der Waals surface area contributed by atoms with Crippen molar-refractivity contribution in [2.24, 2.45) is 0 Å². The van der Waals surface area contributed by atoms with Crippen molar-refractivity contribution in [1.82, 2.24) is 0 Å². The van der Waals surface area contributed by atoms with E-state index in [1.54, 1.807) is 21.0 Å². The Bertz CT molecular complexity index is 4070. The van der Waals surface area contributed by atoms with Gasteiger partial charge in [-0.15, -0.1) is 0 Å². The lowest BCUT2D eigenvalue weighted by atomic mass is 9.82. The van der Waals surface area contributed by atoms with Gasteiger partial charge >= 0.3 is 17.1 Å². The number of nitrogens with zero attached hydrogens (tertiary/aromatic N) is 4. The van der Waals surface area contributed by atoms with Crippen molar-refractivity contribution < 1.29 is 55.7 Å². The zero-order valence-electron chi connectivity index (χ0n) is 61.9. The molecule has 7 aromatic carbocycles. The van der Waals surface area contributed by atoms with Crippen LogP contribution in [0.4, 0.5) is 28.4 Å². The van der Waals surface area contributed by atoms with Crippen molar-refractivity contribution in [1.29, 1.82) is 0 Å². The average molecular weight is 1500 g/mol. The summed E-state index contributed by atoms with van der Waals surface area (Å²) in [6.07, 6.45) is 11.8. The minimum Gasteiger partial charge on any atom is -1.00 e. The number of rotatable bonds is 25. The summed E-state index contributed by atoms with van der Waals surface area (Å²) in [7, 11) is 1.61. The lowest BCUT2D eigenvalue weighted by Gasteiger charge is -2.30. The van der Waals surface area contributed by atoms with Crippen molar-refractivity contribution in [3.63, 3.8) is 0 Å². The highest BCUT2D eigenvalue weighted by Crippen LogP contribution is 2.61. The smallest absolute Gasteiger partial charge is 0.339 e. The predicted molar refractivity (Wildman–Crippen MR) is 429 cm³/mol. The molecule has 0 atom stereocenters. The van der Waals surface area contributed by atoms with Crippen LogP contribution in [0.3, 0.4) is 0 Å². The zero-order valence-corrected chi connectivity index (χ0v) is 65.8. The number of carbonyl (C=O) groups is 3. The zero-order chi connectivity index (χ0) is 74.0. The minimum absolute atomic E-state index is 0. The molecule has 0 spiro atoms. The van der Waals surface area contributed by atoms with Crippen LogP contribution >= 0.6 is 38.9 Å². The first kappa shape index (κ1) is 84.1. The lowest BCUT2D eigenvalue weighted by molar-refractivity contribution is -0.507. The van der Waals surface area contributed by atoms with Crippen molar-refractivity contribution >= 4 is 113 Å². The monoisotopic (exact) mass is 1500 g/mol. The molecule has 19 heteroatoms. The molecule has 0 aromatic heterocycles. The van der Waals surface area contributed by atoms with Gasteiger partial charge in [0, 0.05) is 134 Å². The Labute approximate surface area is 633 Å². The molecular weight excluding hydrogens is 1390 g/mol. The van der Waals surface area contributed by atoms with E-state index in [2.05, 4.69) is 254 Å². The highest BCUT2D eigenvalue weighted by molar-refractivity contribution is 8.24. The van der Waals surface area contributed by atoms with E-state index in [-0.39, 0.29) is 48.9 Å². The molecule has 0 amide bonds. The fourth-order valence-corrected chi connectivity index (χ4v) is 13.4. The fourth-order valence-electron chi connectivity index (χ4n) is 13.4. The molecule has 14 nitrogen and oxygen atoms in total. The molecule has 7 aromatic rings. The van der Waals surface area contributed by atoms with Crippen LogP contribution in [0.5, 0.6) is 5.75 Å². The SMILES string of the molecule is C=C(C)C(=O)OC1CCC(Nc2cccc3ccccc23)CC1.C=C(C)C(=O)OC1CCC([NH+]=C2C=CC(=C(c3ccc(N(CC)CC)cc3)c3ccc(N(CC)CC)cc3CO)c3ccccc32)CC1.CCN(CC)c1ccc(C(=O)c2ccc(N(CC)CC)cc2OC)cc1.O=P(Cl)(Cl)Cl.[Cl-]. The Balaban J connectivity index is 0.000000254. The number of halogens is 4. The van der Waals surface area contributed by atoms with E-state index in [1.807, 2.05) is 42.5 Å². The summed E-state index contributed by atoms with van der Waals surface area (Å²) >= 11 is 13.8. The number of methoxy groups -OCH3 is 1. The summed E-state index contributed by atoms with van der Waals surface area (Å²) in [6, 6.07) is 53.1. The summed E-state index contributed by atoms with van der Waals surface area (Å²) in [5.41, 5.74) is 16.6. The summed E-state index contributed by atoms with van der Waals surface area (Å²) in [6.45, 7) is 35.3. The average Bonchev–Trinajstić information content (AvgIpc) is 0.761. The van der Waals surface area contributed by atoms with E-state index in [0.717, 1.165) is 165 Å². The summed E-state index contributed by atoms with van der Waals surface area (Å²) in [4.78, 5) is 49.6. The molecule has 0 heterocycles. The topological polar surface area (TPSA) is 155 Å². The number of allylic oxidation sites excluding steroid dienone is 3. The number of aliphatic hydroxyl groups is 1. The van der Waals surface area contributed by atoms with E-state index in [4.69, 9.17) is 14.2 Å². The molecular formula is C84H105Cl4N6O8P. The van der Waals surface area contributed by atoms with Crippen molar-refractivity contribution in [3.8, 4) is 5.75 Å². The number of nitrogens with one attached hydrogen (secondary N) is 2. The summed E-state index contributed by atoms with van der Waals surface area (Å²) < 4.78 is 26.1. The van der Waals surface area contributed by atoms with Gasteiger partial charge in [-0.2, -0.15) is 0 Å². The minimum atomic E-state index is -3.22. The molecule has 3 aliphatic carbocycles. The van der Waals surface area contributed by atoms with Gasteiger partial charge < -0.3 is 56.6 Å². The largest absolute Gasteiger partial charge is 1.00 e. The molecule has 0 unspecified atom stereocenters. The third-order valence-electron chi connectivity index (χ3n) is 19.1. The first-order valence-corrected chi connectivity index (χ1v) is 40.4. The molecule has 552 valence electrons. The first-order chi connectivity index (χ1) is 49.0. The van der Waals surface area contributed by atoms with Crippen molar-refractivity contribution in [2.75, 3.05) is 84.4 Å². The van der Waals surface area contributed by atoms with Crippen LogP contribution in [-0.4, -0.2) is 112 Å². The number of hydrogen-bond donors (Lipinski definition) is 3. The number of hydrogen-bond acceptors (Lipinski definition) is 13. The van der Waals surface area contributed by atoms with Gasteiger partial charge in [0.2, 0.25) is 5.71 Å². The van der Waals surface area contributed by atoms with Gasteiger partial charge in [0.15, 0.2) is 11.8 Å². The normalized spacial score (nSPS) is 16.8. The van der Waals surface area contributed by atoms with Crippen LogP contribution in [0.25, 0.3) is 21.9 Å². The van der Waals surface area contributed by atoms with Gasteiger partial charge in [-0.3, -0.25) is 9.36 Å². The predicted octanol–water partition coefficient (Wildman–Crippen LogP) is 15.8. The maximum Gasteiger partial charge on any atom is 0.339 e. The highest BCUT2D eigenvalue weighted by atomic mass is 36.0. The number of ether oxygens (including phenoxy) is 3. The van der Waals surface area contributed by atoms with E-state index in [1.165, 1.54) is 22.1 Å². The van der Waals surface area contributed by atoms with E-state index < -0.39 is 5.20 Å². The molecule has 3 N–H and O–H groups in total. The van der Waals surface area contributed by atoms with Crippen LogP contribution in [0.15, 0.2) is 188 Å². The molecule has 3 aliphatic rings. The molecule has 10 rings (SSSR count). The maximum atomic E-state index is 13.0. The second-order valence-corrected chi connectivity index (χ2v) is 32.2. The quantitative estimate of drug-likeness (QED) is 0.0215. The summed E-state index contributed by atoms with van der Waals surface area (Å²) in [5, 5.41) is 13.7. The van der Waals surface area contributed by atoms with Gasteiger partial charge in [-0.1, -0.05) is 86.0 Å². The van der Waals surface area contributed by atoms with E-state index >= 15 is 0 Å². The standard InChI is InChI=1S/C42H51N3O3.C22H30N2O2.C20H23NO2.Cl3OP.ClH/c1-7-44(8-2)33-19-15-30(16-20-33)41(36-24-21-34(27-31(36)28-46)45(9-3)10-4)39-25-26-40(38-14-12-11-13-37(38)39)43-32-17-22-35(23-18-32)48-42(47)29(5)6;1-6-23(7-2)18-12-10-17(11-13-18)22(25)20-15-14-19(16-21(20)26-5)24(8-3)9-4;1-14(2)20(22)23-17-12-10-16(11-13-17)21-19-9-5-7-15-6-3-4-8-18(15)19;1-5(2,3)4;/h11-16,19-21,24-27,32,35,46H,5,7-10,17-18,22-23,28H2,1-4,6H3;10-16H,6-9H2,1-5H3;3-9,16-17,21H,1,10-13H2,2H3;;1H. The number of carbonyl (C=O) groups excluding carboxylic acids is 3. The summed E-state index contributed by atoms with van der Waals surface area (Å²) in [5.74, 6) is 0.0384. The number of aliphatic hydroxyl groups excluding tert-OH is 1. The second-order valence-electron chi connectivity index (χ2n) is 25.6. The molecule has 0 aliphatic heterocycles. The van der Waals surface area contributed by atoms with Crippen LogP contribution in [0.2, 0.25) is 0 Å². The van der Waals surface area contributed by atoms with Gasteiger partial charge in [0.25, 0.3) is 0 Å². The number of fused-ring (bicyclic) bond motifs is 2. The Kier molecular flexibility index (Phi) is 34.0. The third-order valence-corrected chi connectivity index (χ3v) is 19.1. The first-order valence-electron chi connectivity index (χ1n) is 36.0. The maximum absolute atomic E-state index is 13.0.